The van der Waals surface area contributed by atoms with Crippen molar-refractivity contribution < 1.29 is 14.1 Å². The van der Waals surface area contributed by atoms with Crippen LogP contribution >= 0.6 is 0 Å². The zero-order valence-corrected chi connectivity index (χ0v) is 19.2. The molecule has 1 aliphatic carbocycles. The van der Waals surface area contributed by atoms with Gasteiger partial charge in [0.25, 0.3) is 0 Å². The van der Waals surface area contributed by atoms with Crippen LogP contribution in [0.2, 0.25) is 0 Å². The summed E-state index contributed by atoms with van der Waals surface area (Å²) >= 11 is 0. The van der Waals surface area contributed by atoms with Crippen LogP contribution in [0.5, 0.6) is 0 Å². The van der Waals surface area contributed by atoms with Crippen LogP contribution in [-0.4, -0.2) is 54.8 Å². The summed E-state index contributed by atoms with van der Waals surface area (Å²) in [7, 11) is 1.76. The zero-order valence-electron chi connectivity index (χ0n) is 19.2. The Morgan fingerprint density at radius 1 is 1.10 bits per heavy atom. The lowest BCUT2D eigenvalue weighted by Crippen LogP contribution is -2.55. The van der Waals surface area contributed by atoms with E-state index in [0.29, 0.717) is 6.04 Å². The van der Waals surface area contributed by atoms with Crippen molar-refractivity contribution in [3.8, 4) is 0 Å². The molecule has 29 heavy (non-hydrogen) atoms. The highest BCUT2D eigenvalue weighted by atomic mass is 16.7. The molecule has 1 saturated heterocycles. The maximum Gasteiger partial charge on any atom is 0.494 e. The van der Waals surface area contributed by atoms with Crippen LogP contribution in [-0.2, 0) is 19.5 Å². The fraction of sp³-hybridized carbons (Fsp3) is 0.696. The molecule has 0 N–H and O–H groups in total. The molecule has 1 saturated carbocycles. The first kappa shape index (κ1) is 20.9. The number of hydrogen-bond acceptors (Lipinski definition) is 4. The van der Waals surface area contributed by atoms with E-state index in [1.165, 1.54) is 0 Å². The topological polar surface area (TPSA) is 42.0 Å². The lowest BCUT2D eigenvalue weighted by atomic mass is 9.76. The standard InChI is InChI=1S/C23H35BN2O3/c1-9-25(8)16-13-17(14-16)26-19-12-15(10-11-18(19)21(2,3)20(26)27)24-28-22(4,5)23(6,7)29-24/h10-12,16-17H,9,13-14H2,1-8H3/t16-,17+. The third-order valence-corrected chi connectivity index (χ3v) is 7.81. The third kappa shape index (κ3) is 3.06. The van der Waals surface area contributed by atoms with Crippen molar-refractivity contribution in [2.45, 2.75) is 90.0 Å². The van der Waals surface area contributed by atoms with Crippen molar-refractivity contribution in [3.63, 3.8) is 0 Å². The highest BCUT2D eigenvalue weighted by molar-refractivity contribution is 6.62. The van der Waals surface area contributed by atoms with Crippen molar-refractivity contribution in [1.29, 1.82) is 0 Å². The van der Waals surface area contributed by atoms with E-state index >= 15 is 0 Å². The summed E-state index contributed by atoms with van der Waals surface area (Å²) in [4.78, 5) is 17.8. The maximum atomic E-state index is 13.4. The van der Waals surface area contributed by atoms with E-state index in [2.05, 4.69) is 69.7 Å². The van der Waals surface area contributed by atoms with Crippen LogP contribution in [0.4, 0.5) is 5.69 Å². The molecule has 0 spiro atoms. The second-order valence-corrected chi connectivity index (χ2v) is 10.5. The molecule has 2 heterocycles. The number of rotatable bonds is 4. The van der Waals surface area contributed by atoms with Gasteiger partial charge in [0.05, 0.1) is 16.6 Å². The SMILES string of the molecule is CCN(C)[C@H]1C[C@@H](N2C(=O)C(C)(C)c3ccc(B4OC(C)(C)C(C)(C)O4)cc32)C1. The van der Waals surface area contributed by atoms with E-state index in [1.807, 2.05) is 13.8 Å². The van der Waals surface area contributed by atoms with Crippen LogP contribution in [0.15, 0.2) is 18.2 Å². The van der Waals surface area contributed by atoms with Crippen molar-refractivity contribution in [3.05, 3.63) is 23.8 Å². The Bertz CT molecular complexity index is 813. The number of hydrogen-bond donors (Lipinski definition) is 0. The van der Waals surface area contributed by atoms with Crippen LogP contribution in [0, 0.1) is 0 Å². The second kappa shape index (κ2) is 6.56. The molecule has 0 bridgehead atoms. The quantitative estimate of drug-likeness (QED) is 0.731. The molecule has 4 rings (SSSR count). The predicted octanol–water partition coefficient (Wildman–Crippen LogP) is 3.09. The number of carbonyl (C=O) groups is 1. The highest BCUT2D eigenvalue weighted by Gasteiger charge is 2.53. The minimum absolute atomic E-state index is 0.209. The Kier molecular flexibility index (Phi) is 4.73. The van der Waals surface area contributed by atoms with E-state index in [1.54, 1.807) is 0 Å². The van der Waals surface area contributed by atoms with Gasteiger partial charge in [-0.2, -0.15) is 0 Å². The first-order valence-electron chi connectivity index (χ1n) is 10.9. The van der Waals surface area contributed by atoms with Crippen LogP contribution < -0.4 is 10.4 Å². The molecule has 1 aromatic carbocycles. The molecule has 0 atom stereocenters. The molecule has 0 aromatic heterocycles. The minimum atomic E-state index is -0.495. The van der Waals surface area contributed by atoms with E-state index in [4.69, 9.17) is 9.31 Å². The number of carbonyl (C=O) groups excluding carboxylic acids is 1. The molecule has 6 heteroatoms. The molecule has 158 valence electrons. The van der Waals surface area contributed by atoms with Gasteiger partial charge in [-0.15, -0.1) is 0 Å². The summed E-state index contributed by atoms with van der Waals surface area (Å²) in [5.41, 5.74) is 1.88. The summed E-state index contributed by atoms with van der Waals surface area (Å²) in [5, 5.41) is 0. The fourth-order valence-electron chi connectivity index (χ4n) is 4.68. The molecular weight excluding hydrogens is 363 g/mol. The average molecular weight is 398 g/mol. The van der Waals surface area contributed by atoms with Gasteiger partial charge >= 0.3 is 7.12 Å². The first-order chi connectivity index (χ1) is 13.4. The predicted molar refractivity (Wildman–Crippen MR) is 118 cm³/mol. The van der Waals surface area contributed by atoms with Gasteiger partial charge in [0.1, 0.15) is 0 Å². The highest BCUT2D eigenvalue weighted by Crippen LogP contribution is 2.46. The monoisotopic (exact) mass is 398 g/mol. The molecule has 2 aliphatic heterocycles. The summed E-state index contributed by atoms with van der Waals surface area (Å²) in [5.74, 6) is 0.209. The average Bonchev–Trinajstić information content (AvgIpc) is 2.94. The van der Waals surface area contributed by atoms with E-state index < -0.39 is 12.5 Å². The van der Waals surface area contributed by atoms with Crippen LogP contribution in [0.1, 0.15) is 66.9 Å². The summed E-state index contributed by atoms with van der Waals surface area (Å²) in [6.07, 6.45) is 2.07. The van der Waals surface area contributed by atoms with Gasteiger partial charge in [0.2, 0.25) is 5.91 Å². The molecule has 1 amide bonds. The molecule has 1 aromatic rings. The largest absolute Gasteiger partial charge is 0.494 e. The van der Waals surface area contributed by atoms with E-state index in [-0.39, 0.29) is 23.2 Å². The zero-order chi connectivity index (χ0) is 21.4. The Labute approximate surface area is 175 Å². The minimum Gasteiger partial charge on any atom is -0.399 e. The molecule has 0 unspecified atom stereocenters. The molecule has 0 radical (unpaired) electrons. The number of benzene rings is 1. The van der Waals surface area contributed by atoms with Crippen molar-refractivity contribution in [1.82, 2.24) is 4.90 Å². The van der Waals surface area contributed by atoms with Gasteiger partial charge in [0, 0.05) is 17.8 Å². The number of nitrogens with zero attached hydrogens (tertiary/aromatic N) is 2. The molecule has 5 nitrogen and oxygen atoms in total. The van der Waals surface area contributed by atoms with E-state index in [9.17, 15) is 4.79 Å². The second-order valence-electron chi connectivity index (χ2n) is 10.5. The Morgan fingerprint density at radius 3 is 2.24 bits per heavy atom. The Balaban J connectivity index is 1.64. The normalized spacial score (nSPS) is 29.3. The fourth-order valence-corrected chi connectivity index (χ4v) is 4.68. The van der Waals surface area contributed by atoms with Crippen molar-refractivity contribution in [2.24, 2.45) is 0 Å². The maximum absolute atomic E-state index is 13.4. The van der Waals surface area contributed by atoms with Crippen LogP contribution in [0.3, 0.4) is 0 Å². The van der Waals surface area contributed by atoms with Gasteiger partial charge in [0.15, 0.2) is 0 Å². The summed E-state index contributed by atoms with van der Waals surface area (Å²) in [6.45, 7) is 15.6. The first-order valence-corrected chi connectivity index (χ1v) is 10.9. The van der Waals surface area contributed by atoms with Crippen molar-refractivity contribution >= 4 is 24.2 Å². The smallest absolute Gasteiger partial charge is 0.399 e. The van der Waals surface area contributed by atoms with Crippen molar-refractivity contribution in [2.75, 3.05) is 18.5 Å². The molecule has 3 aliphatic rings. The summed E-state index contributed by atoms with van der Waals surface area (Å²) in [6, 6.07) is 7.13. The van der Waals surface area contributed by atoms with Gasteiger partial charge in [-0.1, -0.05) is 19.1 Å². The molecule has 2 fully saturated rings. The Morgan fingerprint density at radius 2 is 1.69 bits per heavy atom. The number of amides is 1. The third-order valence-electron chi connectivity index (χ3n) is 7.81. The van der Waals surface area contributed by atoms with Gasteiger partial charge < -0.3 is 19.1 Å². The summed E-state index contributed by atoms with van der Waals surface area (Å²) < 4.78 is 12.5. The lowest BCUT2D eigenvalue weighted by Gasteiger charge is -2.45. The number of anilines is 1. The van der Waals surface area contributed by atoms with Gasteiger partial charge in [-0.25, -0.2) is 0 Å². The van der Waals surface area contributed by atoms with Crippen LogP contribution in [0.25, 0.3) is 0 Å². The Hall–Kier alpha value is -1.37. The van der Waals surface area contributed by atoms with Gasteiger partial charge in [-0.3, -0.25) is 4.79 Å². The molecular formula is C23H35BN2O3. The lowest BCUT2D eigenvalue weighted by molar-refractivity contribution is -0.123. The van der Waals surface area contributed by atoms with E-state index in [0.717, 1.165) is 36.1 Å². The van der Waals surface area contributed by atoms with Gasteiger partial charge in [-0.05, 0) is 85.1 Å². The number of fused-ring (bicyclic) bond motifs is 1.